The Morgan fingerprint density at radius 3 is 2.55 bits per heavy atom. The van der Waals surface area contributed by atoms with Crippen LogP contribution in [-0.4, -0.2) is 31.3 Å². The molecule has 2 rings (SSSR count). The molecule has 1 fully saturated rings. The third-order valence-corrected chi connectivity index (χ3v) is 4.19. The molecule has 110 valence electrons. The molecule has 1 aromatic carbocycles. The smallest absolute Gasteiger partial charge is 0.230 e. The van der Waals surface area contributed by atoms with Crippen molar-refractivity contribution >= 4 is 11.6 Å². The van der Waals surface area contributed by atoms with Crippen molar-refractivity contribution in [3.05, 3.63) is 29.8 Å². The highest BCUT2D eigenvalue weighted by molar-refractivity contribution is 5.95. The van der Waals surface area contributed by atoms with Gasteiger partial charge in [-0.3, -0.25) is 4.79 Å². The molecular formula is C16H23NO3. The normalized spacial score (nSPS) is 16.5. The van der Waals surface area contributed by atoms with E-state index in [0.29, 0.717) is 13.0 Å². The molecule has 0 spiro atoms. The van der Waals surface area contributed by atoms with Gasteiger partial charge in [-0.15, -0.1) is 0 Å². The standard InChI is InChI=1S/C16H23NO3/c1-20-12-10-16(8-2-9-16)15(19)17-14-5-3-13(4-6-14)7-11-18/h3-6,18H,2,7-12H2,1H3,(H,17,19). The van der Waals surface area contributed by atoms with Gasteiger partial charge >= 0.3 is 0 Å². The van der Waals surface area contributed by atoms with Gasteiger partial charge in [0.1, 0.15) is 0 Å². The van der Waals surface area contributed by atoms with E-state index in [4.69, 9.17) is 9.84 Å². The average Bonchev–Trinajstić information content (AvgIpc) is 2.40. The molecule has 0 aromatic heterocycles. The van der Waals surface area contributed by atoms with E-state index in [-0.39, 0.29) is 17.9 Å². The molecule has 0 saturated heterocycles. The summed E-state index contributed by atoms with van der Waals surface area (Å²) >= 11 is 0. The number of carbonyl (C=O) groups excluding carboxylic acids is 1. The molecule has 0 radical (unpaired) electrons. The van der Waals surface area contributed by atoms with Gasteiger partial charge < -0.3 is 15.2 Å². The number of benzene rings is 1. The maximum Gasteiger partial charge on any atom is 0.230 e. The summed E-state index contributed by atoms with van der Waals surface area (Å²) in [4.78, 5) is 12.4. The zero-order valence-electron chi connectivity index (χ0n) is 12.0. The first-order chi connectivity index (χ1) is 9.70. The summed E-state index contributed by atoms with van der Waals surface area (Å²) in [6, 6.07) is 7.67. The predicted molar refractivity (Wildman–Crippen MR) is 78.6 cm³/mol. The third-order valence-electron chi connectivity index (χ3n) is 4.19. The van der Waals surface area contributed by atoms with Crippen molar-refractivity contribution in [3.63, 3.8) is 0 Å². The van der Waals surface area contributed by atoms with Crippen molar-refractivity contribution in [1.29, 1.82) is 0 Å². The van der Waals surface area contributed by atoms with Crippen LogP contribution < -0.4 is 5.32 Å². The lowest BCUT2D eigenvalue weighted by atomic mass is 9.66. The lowest BCUT2D eigenvalue weighted by molar-refractivity contribution is -0.131. The summed E-state index contributed by atoms with van der Waals surface area (Å²) in [5, 5.41) is 11.9. The van der Waals surface area contributed by atoms with Crippen LogP contribution in [0.4, 0.5) is 5.69 Å². The van der Waals surface area contributed by atoms with E-state index in [1.54, 1.807) is 7.11 Å². The quantitative estimate of drug-likeness (QED) is 0.804. The number of anilines is 1. The summed E-state index contributed by atoms with van der Waals surface area (Å²) in [7, 11) is 1.67. The monoisotopic (exact) mass is 277 g/mol. The Labute approximate surface area is 120 Å². The molecule has 20 heavy (non-hydrogen) atoms. The van der Waals surface area contributed by atoms with Crippen LogP contribution in [0, 0.1) is 5.41 Å². The van der Waals surface area contributed by atoms with Gasteiger partial charge in [-0.05, 0) is 43.4 Å². The van der Waals surface area contributed by atoms with Crippen molar-refractivity contribution in [2.45, 2.75) is 32.1 Å². The Bertz CT molecular complexity index is 438. The van der Waals surface area contributed by atoms with E-state index in [1.807, 2.05) is 24.3 Å². The minimum atomic E-state index is -0.236. The van der Waals surface area contributed by atoms with Gasteiger partial charge in [0.15, 0.2) is 0 Å². The number of ether oxygens (including phenoxy) is 1. The van der Waals surface area contributed by atoms with E-state index in [9.17, 15) is 4.79 Å². The topological polar surface area (TPSA) is 58.6 Å². The van der Waals surface area contributed by atoms with Crippen LogP contribution in [0.25, 0.3) is 0 Å². The fourth-order valence-corrected chi connectivity index (χ4v) is 2.64. The second kappa shape index (κ2) is 6.86. The molecule has 1 aliphatic carbocycles. The number of amides is 1. The van der Waals surface area contributed by atoms with Crippen LogP contribution in [0.5, 0.6) is 0 Å². The second-order valence-corrected chi connectivity index (χ2v) is 5.50. The Hall–Kier alpha value is -1.39. The minimum Gasteiger partial charge on any atom is -0.396 e. The summed E-state index contributed by atoms with van der Waals surface area (Å²) in [6.45, 7) is 0.773. The van der Waals surface area contributed by atoms with Crippen molar-refractivity contribution in [1.82, 2.24) is 0 Å². The Morgan fingerprint density at radius 1 is 1.35 bits per heavy atom. The third kappa shape index (κ3) is 3.38. The zero-order chi connectivity index (χ0) is 14.4. The molecule has 2 N–H and O–H groups in total. The molecule has 0 aliphatic heterocycles. The molecule has 1 saturated carbocycles. The summed E-state index contributed by atoms with van der Waals surface area (Å²) in [5.41, 5.74) is 1.66. The number of methoxy groups -OCH3 is 1. The van der Waals surface area contributed by atoms with Gasteiger partial charge in [-0.25, -0.2) is 0 Å². The van der Waals surface area contributed by atoms with Crippen molar-refractivity contribution in [2.24, 2.45) is 5.41 Å². The van der Waals surface area contributed by atoms with Crippen molar-refractivity contribution in [2.75, 3.05) is 25.6 Å². The van der Waals surface area contributed by atoms with E-state index in [0.717, 1.165) is 36.9 Å². The van der Waals surface area contributed by atoms with Crippen LogP contribution in [-0.2, 0) is 16.0 Å². The van der Waals surface area contributed by atoms with Gasteiger partial charge in [0.25, 0.3) is 0 Å². The maximum atomic E-state index is 12.4. The van der Waals surface area contributed by atoms with Gasteiger partial charge in [0.2, 0.25) is 5.91 Å². The molecule has 0 heterocycles. The van der Waals surface area contributed by atoms with Gasteiger partial charge in [0.05, 0.1) is 5.41 Å². The Balaban J connectivity index is 1.96. The molecule has 0 unspecified atom stereocenters. The van der Waals surface area contributed by atoms with Crippen LogP contribution in [0.1, 0.15) is 31.2 Å². The van der Waals surface area contributed by atoms with E-state index in [2.05, 4.69) is 5.32 Å². The number of carbonyl (C=O) groups is 1. The molecule has 1 aromatic rings. The lowest BCUT2D eigenvalue weighted by Crippen LogP contribution is -2.42. The van der Waals surface area contributed by atoms with Crippen LogP contribution >= 0.6 is 0 Å². The van der Waals surface area contributed by atoms with Gasteiger partial charge in [-0.2, -0.15) is 0 Å². The highest BCUT2D eigenvalue weighted by Crippen LogP contribution is 2.44. The first-order valence-electron chi connectivity index (χ1n) is 7.20. The number of hydrogen-bond acceptors (Lipinski definition) is 3. The van der Waals surface area contributed by atoms with Gasteiger partial charge in [-0.1, -0.05) is 18.6 Å². The number of rotatable bonds is 7. The summed E-state index contributed by atoms with van der Waals surface area (Å²) < 4.78 is 5.11. The molecule has 4 heteroatoms. The summed E-state index contributed by atoms with van der Waals surface area (Å²) in [5.74, 6) is 0.107. The van der Waals surface area contributed by atoms with E-state index in [1.165, 1.54) is 0 Å². The number of aliphatic hydroxyl groups excluding tert-OH is 1. The zero-order valence-corrected chi connectivity index (χ0v) is 12.0. The summed E-state index contributed by atoms with van der Waals surface area (Å²) in [6.07, 6.45) is 4.45. The first-order valence-corrected chi connectivity index (χ1v) is 7.20. The second-order valence-electron chi connectivity index (χ2n) is 5.50. The Morgan fingerprint density at radius 2 is 2.05 bits per heavy atom. The SMILES string of the molecule is COCCC1(C(=O)Nc2ccc(CCO)cc2)CCC1. The molecule has 1 amide bonds. The maximum absolute atomic E-state index is 12.4. The van der Waals surface area contributed by atoms with E-state index < -0.39 is 0 Å². The minimum absolute atomic E-state index is 0.107. The molecule has 4 nitrogen and oxygen atoms in total. The predicted octanol–water partition coefficient (Wildman–Crippen LogP) is 2.37. The highest BCUT2D eigenvalue weighted by atomic mass is 16.5. The van der Waals surface area contributed by atoms with Crippen LogP contribution in [0.3, 0.4) is 0 Å². The number of hydrogen-bond donors (Lipinski definition) is 2. The molecule has 0 atom stereocenters. The first kappa shape index (κ1) is 15.0. The highest BCUT2D eigenvalue weighted by Gasteiger charge is 2.43. The van der Waals surface area contributed by atoms with Crippen LogP contribution in [0.2, 0.25) is 0 Å². The lowest BCUT2D eigenvalue weighted by Gasteiger charge is -2.40. The molecular weight excluding hydrogens is 254 g/mol. The largest absolute Gasteiger partial charge is 0.396 e. The average molecular weight is 277 g/mol. The Kier molecular flexibility index (Phi) is 5.15. The van der Waals surface area contributed by atoms with Crippen LogP contribution in [0.15, 0.2) is 24.3 Å². The number of nitrogens with one attached hydrogen (secondary N) is 1. The van der Waals surface area contributed by atoms with Crippen molar-refractivity contribution in [3.8, 4) is 0 Å². The van der Waals surface area contributed by atoms with Crippen molar-refractivity contribution < 1.29 is 14.6 Å². The fourth-order valence-electron chi connectivity index (χ4n) is 2.64. The molecule has 1 aliphatic rings. The molecule has 0 bridgehead atoms. The fraction of sp³-hybridized carbons (Fsp3) is 0.562. The van der Waals surface area contributed by atoms with E-state index >= 15 is 0 Å². The van der Waals surface area contributed by atoms with Gasteiger partial charge in [0, 0.05) is 26.0 Å². The number of aliphatic hydroxyl groups is 1.